The maximum atomic E-state index is 8.82. The van der Waals surface area contributed by atoms with Gasteiger partial charge in [-0.05, 0) is 37.5 Å². The molecular formula is C13H19NO2. The van der Waals surface area contributed by atoms with Crippen LogP contribution in [0.4, 0.5) is 5.69 Å². The first-order valence-electron chi connectivity index (χ1n) is 5.87. The van der Waals surface area contributed by atoms with Crippen molar-refractivity contribution in [2.24, 2.45) is 0 Å². The molecule has 0 aromatic heterocycles. The molecule has 1 heterocycles. The van der Waals surface area contributed by atoms with Gasteiger partial charge in [0.05, 0.1) is 12.1 Å². The van der Waals surface area contributed by atoms with Crippen LogP contribution in [0, 0.1) is 0 Å². The molecule has 1 aromatic rings. The van der Waals surface area contributed by atoms with E-state index in [1.54, 1.807) is 0 Å². The Balaban J connectivity index is 1.94. The molecule has 1 saturated heterocycles. The highest BCUT2D eigenvalue weighted by Crippen LogP contribution is 2.19. The van der Waals surface area contributed by atoms with Crippen molar-refractivity contribution in [3.63, 3.8) is 0 Å². The highest BCUT2D eigenvalue weighted by atomic mass is 16.5. The highest BCUT2D eigenvalue weighted by molar-refractivity contribution is 5.45. The Kier molecular flexibility index (Phi) is 3.80. The van der Waals surface area contributed by atoms with Crippen molar-refractivity contribution in [2.45, 2.75) is 31.9 Å². The van der Waals surface area contributed by atoms with E-state index in [2.05, 4.69) is 36.5 Å². The van der Waals surface area contributed by atoms with Crippen molar-refractivity contribution >= 4 is 5.69 Å². The van der Waals surface area contributed by atoms with Gasteiger partial charge in [0.1, 0.15) is 0 Å². The second kappa shape index (κ2) is 5.32. The summed E-state index contributed by atoms with van der Waals surface area (Å²) >= 11 is 0. The number of nitrogens with one attached hydrogen (secondary N) is 1. The largest absolute Gasteiger partial charge is 0.396 e. The Labute approximate surface area is 96.4 Å². The van der Waals surface area contributed by atoms with E-state index in [4.69, 9.17) is 9.84 Å². The van der Waals surface area contributed by atoms with E-state index in [1.165, 1.54) is 5.56 Å². The zero-order valence-corrected chi connectivity index (χ0v) is 9.65. The molecule has 1 aromatic carbocycles. The lowest BCUT2D eigenvalue weighted by atomic mass is 10.1. The predicted molar refractivity (Wildman–Crippen MR) is 64.7 cm³/mol. The molecule has 88 valence electrons. The van der Waals surface area contributed by atoms with Crippen molar-refractivity contribution in [2.75, 3.05) is 18.5 Å². The second-order valence-corrected chi connectivity index (χ2v) is 4.29. The number of benzene rings is 1. The molecule has 2 N–H and O–H groups in total. The summed E-state index contributed by atoms with van der Waals surface area (Å²) in [6, 6.07) is 8.66. The maximum Gasteiger partial charge on any atom is 0.0748 e. The number of anilines is 1. The smallest absolute Gasteiger partial charge is 0.0748 e. The number of aliphatic hydroxyl groups excluding tert-OH is 1. The number of ether oxygens (including phenoxy) is 1. The lowest BCUT2D eigenvalue weighted by Crippen LogP contribution is -2.26. The summed E-state index contributed by atoms with van der Waals surface area (Å²) in [5.41, 5.74) is 2.30. The van der Waals surface area contributed by atoms with E-state index in [-0.39, 0.29) is 12.7 Å². The van der Waals surface area contributed by atoms with E-state index in [0.717, 1.165) is 25.1 Å². The fourth-order valence-corrected chi connectivity index (χ4v) is 2.03. The van der Waals surface area contributed by atoms with Crippen molar-refractivity contribution in [3.8, 4) is 0 Å². The van der Waals surface area contributed by atoms with Crippen LogP contribution in [0.5, 0.6) is 0 Å². The first kappa shape index (κ1) is 11.4. The molecule has 2 atom stereocenters. The van der Waals surface area contributed by atoms with Crippen molar-refractivity contribution < 1.29 is 9.84 Å². The van der Waals surface area contributed by atoms with E-state index in [9.17, 15) is 0 Å². The van der Waals surface area contributed by atoms with Gasteiger partial charge in [0, 0.05) is 18.9 Å². The van der Waals surface area contributed by atoms with Crippen molar-refractivity contribution in [1.29, 1.82) is 0 Å². The summed E-state index contributed by atoms with van der Waals surface area (Å²) in [5.74, 6) is 0. The standard InChI is InChI=1S/C13H19NO2/c1-10-13(7-9-16-10)14-12-4-2-11(3-5-12)6-8-15/h2-5,10,13-15H,6-9H2,1H3. The third-order valence-electron chi connectivity index (χ3n) is 3.08. The fraction of sp³-hybridized carbons (Fsp3) is 0.538. The molecule has 1 fully saturated rings. The first-order valence-corrected chi connectivity index (χ1v) is 5.87. The highest BCUT2D eigenvalue weighted by Gasteiger charge is 2.23. The molecule has 3 heteroatoms. The van der Waals surface area contributed by atoms with E-state index < -0.39 is 0 Å². The third-order valence-corrected chi connectivity index (χ3v) is 3.08. The lowest BCUT2D eigenvalue weighted by molar-refractivity contribution is 0.121. The molecule has 0 bridgehead atoms. The fourth-order valence-electron chi connectivity index (χ4n) is 2.03. The van der Waals surface area contributed by atoms with Gasteiger partial charge in [0.15, 0.2) is 0 Å². The summed E-state index contributed by atoms with van der Waals surface area (Å²) in [6.07, 6.45) is 2.08. The first-order chi connectivity index (χ1) is 7.79. The minimum atomic E-state index is 0.209. The topological polar surface area (TPSA) is 41.5 Å². The monoisotopic (exact) mass is 221 g/mol. The summed E-state index contributed by atoms with van der Waals surface area (Å²) < 4.78 is 5.50. The zero-order valence-electron chi connectivity index (χ0n) is 9.65. The summed E-state index contributed by atoms with van der Waals surface area (Å²) in [4.78, 5) is 0. The van der Waals surface area contributed by atoms with Gasteiger partial charge in [-0.1, -0.05) is 12.1 Å². The third kappa shape index (κ3) is 2.74. The zero-order chi connectivity index (χ0) is 11.4. The summed E-state index contributed by atoms with van der Waals surface area (Å²) in [5, 5.41) is 12.3. The Morgan fingerprint density at radius 1 is 1.38 bits per heavy atom. The Morgan fingerprint density at radius 2 is 2.12 bits per heavy atom. The normalized spacial score (nSPS) is 24.6. The molecule has 1 aliphatic heterocycles. The number of aliphatic hydroxyl groups is 1. The van der Waals surface area contributed by atoms with Crippen LogP contribution in [-0.4, -0.2) is 30.5 Å². The molecule has 0 spiro atoms. The van der Waals surface area contributed by atoms with E-state index >= 15 is 0 Å². The van der Waals surface area contributed by atoms with Crippen LogP contribution in [0.1, 0.15) is 18.9 Å². The van der Waals surface area contributed by atoms with Crippen LogP contribution < -0.4 is 5.32 Å². The molecule has 2 rings (SSSR count). The number of hydrogen-bond donors (Lipinski definition) is 2. The molecule has 0 saturated carbocycles. The predicted octanol–water partition coefficient (Wildman–Crippen LogP) is 1.81. The maximum absolute atomic E-state index is 8.82. The molecule has 0 aliphatic carbocycles. The Bertz CT molecular complexity index is 323. The summed E-state index contributed by atoms with van der Waals surface area (Å²) in [7, 11) is 0. The quantitative estimate of drug-likeness (QED) is 0.814. The van der Waals surface area contributed by atoms with Gasteiger partial charge in [0.2, 0.25) is 0 Å². The molecule has 0 radical (unpaired) electrons. The average molecular weight is 221 g/mol. The summed E-state index contributed by atoms with van der Waals surface area (Å²) in [6.45, 7) is 3.16. The van der Waals surface area contributed by atoms with Crippen LogP contribution in [0.15, 0.2) is 24.3 Å². The van der Waals surface area contributed by atoms with Crippen LogP contribution in [0.3, 0.4) is 0 Å². The molecule has 16 heavy (non-hydrogen) atoms. The van der Waals surface area contributed by atoms with Gasteiger partial charge in [-0.25, -0.2) is 0 Å². The number of hydrogen-bond acceptors (Lipinski definition) is 3. The molecule has 0 amide bonds. The Hall–Kier alpha value is -1.06. The molecular weight excluding hydrogens is 202 g/mol. The van der Waals surface area contributed by atoms with Crippen LogP contribution in [0.25, 0.3) is 0 Å². The van der Waals surface area contributed by atoms with Gasteiger partial charge in [-0.15, -0.1) is 0 Å². The minimum absolute atomic E-state index is 0.209. The van der Waals surface area contributed by atoms with Gasteiger partial charge in [-0.2, -0.15) is 0 Å². The lowest BCUT2D eigenvalue weighted by Gasteiger charge is -2.17. The van der Waals surface area contributed by atoms with Gasteiger partial charge in [-0.3, -0.25) is 0 Å². The second-order valence-electron chi connectivity index (χ2n) is 4.29. The molecule has 3 nitrogen and oxygen atoms in total. The van der Waals surface area contributed by atoms with E-state index in [1.807, 2.05) is 0 Å². The van der Waals surface area contributed by atoms with Crippen LogP contribution >= 0.6 is 0 Å². The number of rotatable bonds is 4. The Morgan fingerprint density at radius 3 is 2.69 bits per heavy atom. The SMILES string of the molecule is CC1OCCC1Nc1ccc(CCO)cc1. The van der Waals surface area contributed by atoms with Crippen molar-refractivity contribution in [1.82, 2.24) is 0 Å². The van der Waals surface area contributed by atoms with Gasteiger partial charge in [0.25, 0.3) is 0 Å². The minimum Gasteiger partial charge on any atom is -0.396 e. The van der Waals surface area contributed by atoms with Crippen LogP contribution in [-0.2, 0) is 11.2 Å². The van der Waals surface area contributed by atoms with Gasteiger partial charge >= 0.3 is 0 Å². The molecule has 2 unspecified atom stereocenters. The average Bonchev–Trinajstić information content (AvgIpc) is 2.68. The van der Waals surface area contributed by atoms with E-state index in [0.29, 0.717) is 6.04 Å². The molecule has 1 aliphatic rings. The van der Waals surface area contributed by atoms with Crippen LogP contribution in [0.2, 0.25) is 0 Å². The van der Waals surface area contributed by atoms with Crippen molar-refractivity contribution in [3.05, 3.63) is 29.8 Å². The van der Waals surface area contributed by atoms with Gasteiger partial charge < -0.3 is 15.2 Å².